The van der Waals surface area contributed by atoms with E-state index in [1.807, 2.05) is 0 Å². The lowest BCUT2D eigenvalue weighted by molar-refractivity contribution is -0.131. The minimum Gasteiger partial charge on any atom is -0.341 e. The molecule has 3 amide bonds. The molecule has 1 heterocycles. The fraction of sp³-hybridized carbons (Fsp3) is 0.429. The number of likely N-dealkylation sites (tertiary alicyclic amines) is 1. The third kappa shape index (κ3) is 3.90. The van der Waals surface area contributed by atoms with Crippen molar-refractivity contribution < 1.29 is 18.4 Å². The van der Waals surface area contributed by atoms with Gasteiger partial charge in [-0.25, -0.2) is 13.6 Å². The van der Waals surface area contributed by atoms with E-state index < -0.39 is 23.7 Å². The van der Waals surface area contributed by atoms with E-state index in [9.17, 15) is 18.4 Å². The lowest BCUT2D eigenvalue weighted by atomic mass is 10.3. The molecular formula is C14H17F2N3O2. The number of nitrogens with zero attached hydrogens (tertiary/aromatic N) is 1. The second-order valence-electron chi connectivity index (χ2n) is 4.98. The summed E-state index contributed by atoms with van der Waals surface area (Å²) in [5.74, 6) is -1.76. The van der Waals surface area contributed by atoms with Gasteiger partial charge >= 0.3 is 6.03 Å². The van der Waals surface area contributed by atoms with Gasteiger partial charge in [0.05, 0.1) is 5.69 Å². The molecule has 0 saturated carbocycles. The largest absolute Gasteiger partial charge is 0.341 e. The normalized spacial score (nSPS) is 15.7. The van der Waals surface area contributed by atoms with Crippen LogP contribution >= 0.6 is 0 Å². The van der Waals surface area contributed by atoms with Gasteiger partial charge in [-0.1, -0.05) is 0 Å². The monoisotopic (exact) mass is 297 g/mol. The molecule has 1 aromatic carbocycles. The number of hydrogen-bond donors (Lipinski definition) is 2. The lowest BCUT2D eigenvalue weighted by Gasteiger charge is -2.21. The maximum absolute atomic E-state index is 13.4. The molecule has 0 aliphatic carbocycles. The Labute approximate surface area is 121 Å². The first-order valence-corrected chi connectivity index (χ1v) is 6.79. The fourth-order valence-corrected chi connectivity index (χ4v) is 2.22. The van der Waals surface area contributed by atoms with Gasteiger partial charge in [0.25, 0.3) is 0 Å². The predicted molar refractivity (Wildman–Crippen MR) is 73.8 cm³/mol. The summed E-state index contributed by atoms with van der Waals surface area (Å²) >= 11 is 0. The van der Waals surface area contributed by atoms with E-state index in [-0.39, 0.29) is 11.6 Å². The Morgan fingerprint density at radius 2 is 1.90 bits per heavy atom. The van der Waals surface area contributed by atoms with Gasteiger partial charge < -0.3 is 15.5 Å². The highest BCUT2D eigenvalue weighted by Crippen LogP contribution is 2.15. The summed E-state index contributed by atoms with van der Waals surface area (Å²) in [7, 11) is 0. The zero-order valence-electron chi connectivity index (χ0n) is 11.7. The molecule has 1 aliphatic heterocycles. The van der Waals surface area contributed by atoms with Crippen molar-refractivity contribution in [3.63, 3.8) is 0 Å². The number of urea groups is 1. The molecule has 0 radical (unpaired) electrons. The number of carbonyl (C=O) groups is 2. The SMILES string of the molecule is CC(NC(=O)Nc1ccc(F)cc1F)C(=O)N1CCCC1. The molecule has 0 bridgehead atoms. The number of hydrogen-bond acceptors (Lipinski definition) is 2. The quantitative estimate of drug-likeness (QED) is 0.897. The molecule has 1 atom stereocenters. The topological polar surface area (TPSA) is 61.4 Å². The van der Waals surface area contributed by atoms with E-state index in [0.717, 1.165) is 25.0 Å². The van der Waals surface area contributed by atoms with Crippen LogP contribution in [0.1, 0.15) is 19.8 Å². The van der Waals surface area contributed by atoms with Crippen LogP contribution in [0.3, 0.4) is 0 Å². The molecule has 114 valence electrons. The van der Waals surface area contributed by atoms with Crippen molar-refractivity contribution in [2.24, 2.45) is 0 Å². The summed E-state index contributed by atoms with van der Waals surface area (Å²) in [6.45, 7) is 2.96. The number of nitrogens with one attached hydrogen (secondary N) is 2. The Hall–Kier alpha value is -2.18. The van der Waals surface area contributed by atoms with Crippen LogP contribution in [-0.2, 0) is 4.79 Å². The van der Waals surface area contributed by atoms with Crippen LogP contribution in [0.2, 0.25) is 0 Å². The second kappa shape index (κ2) is 6.51. The molecule has 5 nitrogen and oxygen atoms in total. The summed E-state index contributed by atoms with van der Waals surface area (Å²) in [5.41, 5.74) is -0.144. The maximum Gasteiger partial charge on any atom is 0.319 e. The first-order chi connectivity index (χ1) is 9.97. The predicted octanol–water partition coefficient (Wildman–Crippen LogP) is 2.10. The van der Waals surface area contributed by atoms with Crippen molar-refractivity contribution in [2.45, 2.75) is 25.8 Å². The Morgan fingerprint density at radius 3 is 2.52 bits per heavy atom. The van der Waals surface area contributed by atoms with Gasteiger partial charge in [0, 0.05) is 19.2 Å². The fourth-order valence-electron chi connectivity index (χ4n) is 2.22. The van der Waals surface area contributed by atoms with Gasteiger partial charge in [-0.15, -0.1) is 0 Å². The average Bonchev–Trinajstić information content (AvgIpc) is 2.95. The molecular weight excluding hydrogens is 280 g/mol. The Kier molecular flexibility index (Phi) is 4.72. The van der Waals surface area contributed by atoms with Gasteiger partial charge in [-0.3, -0.25) is 4.79 Å². The molecule has 1 aliphatic rings. The van der Waals surface area contributed by atoms with Crippen LogP contribution in [0, 0.1) is 11.6 Å². The zero-order valence-corrected chi connectivity index (χ0v) is 11.7. The summed E-state index contributed by atoms with van der Waals surface area (Å²) in [5, 5.41) is 4.70. The van der Waals surface area contributed by atoms with Crippen molar-refractivity contribution in [1.29, 1.82) is 0 Å². The number of halogens is 2. The number of amides is 3. The van der Waals surface area contributed by atoms with E-state index in [2.05, 4.69) is 10.6 Å². The van der Waals surface area contributed by atoms with Crippen molar-refractivity contribution in [3.8, 4) is 0 Å². The highest BCUT2D eigenvalue weighted by atomic mass is 19.1. The van der Waals surface area contributed by atoms with E-state index in [4.69, 9.17) is 0 Å². The van der Waals surface area contributed by atoms with Crippen molar-refractivity contribution in [1.82, 2.24) is 10.2 Å². The van der Waals surface area contributed by atoms with Crippen LogP contribution in [0.5, 0.6) is 0 Å². The molecule has 7 heteroatoms. The second-order valence-corrected chi connectivity index (χ2v) is 4.98. The molecule has 2 rings (SSSR count). The first-order valence-electron chi connectivity index (χ1n) is 6.79. The van der Waals surface area contributed by atoms with Gasteiger partial charge in [-0.2, -0.15) is 0 Å². The summed E-state index contributed by atoms with van der Waals surface area (Å²) in [6, 6.07) is 1.43. The molecule has 21 heavy (non-hydrogen) atoms. The van der Waals surface area contributed by atoms with E-state index in [0.29, 0.717) is 19.2 Å². The Morgan fingerprint density at radius 1 is 1.24 bits per heavy atom. The van der Waals surface area contributed by atoms with Crippen LogP contribution in [0.15, 0.2) is 18.2 Å². The zero-order chi connectivity index (χ0) is 15.4. The number of rotatable bonds is 3. The van der Waals surface area contributed by atoms with E-state index in [1.165, 1.54) is 0 Å². The molecule has 1 saturated heterocycles. The lowest BCUT2D eigenvalue weighted by Crippen LogP contribution is -2.47. The minimum absolute atomic E-state index is 0.144. The van der Waals surface area contributed by atoms with Crippen molar-refractivity contribution >= 4 is 17.6 Å². The third-order valence-corrected chi connectivity index (χ3v) is 3.32. The van der Waals surface area contributed by atoms with Crippen LogP contribution in [0.25, 0.3) is 0 Å². The standard InChI is InChI=1S/C14H17F2N3O2/c1-9(13(20)19-6-2-3-7-19)17-14(21)18-12-5-4-10(15)8-11(12)16/h4-5,8-9H,2-3,6-7H2,1H3,(H2,17,18,21). The molecule has 1 aromatic rings. The average molecular weight is 297 g/mol. The number of benzene rings is 1. The van der Waals surface area contributed by atoms with Gasteiger partial charge in [0.1, 0.15) is 17.7 Å². The summed E-state index contributed by atoms with van der Waals surface area (Å²) in [4.78, 5) is 25.4. The molecule has 0 aromatic heterocycles. The Bertz CT molecular complexity index is 545. The van der Waals surface area contributed by atoms with E-state index in [1.54, 1.807) is 11.8 Å². The highest BCUT2D eigenvalue weighted by molar-refractivity contribution is 5.93. The highest BCUT2D eigenvalue weighted by Gasteiger charge is 2.24. The molecule has 0 spiro atoms. The van der Waals surface area contributed by atoms with Crippen molar-refractivity contribution in [3.05, 3.63) is 29.8 Å². The summed E-state index contributed by atoms with van der Waals surface area (Å²) < 4.78 is 26.1. The third-order valence-electron chi connectivity index (χ3n) is 3.32. The van der Waals surface area contributed by atoms with Crippen LogP contribution in [-0.4, -0.2) is 36.0 Å². The van der Waals surface area contributed by atoms with Crippen LogP contribution in [0.4, 0.5) is 19.3 Å². The first kappa shape index (κ1) is 15.2. The molecule has 2 N–H and O–H groups in total. The minimum atomic E-state index is -0.872. The maximum atomic E-state index is 13.4. The molecule has 1 fully saturated rings. The van der Waals surface area contributed by atoms with Gasteiger partial charge in [0.2, 0.25) is 5.91 Å². The van der Waals surface area contributed by atoms with Gasteiger partial charge in [-0.05, 0) is 31.9 Å². The Balaban J connectivity index is 1.90. The smallest absolute Gasteiger partial charge is 0.319 e. The number of carbonyl (C=O) groups excluding carboxylic acids is 2. The van der Waals surface area contributed by atoms with Gasteiger partial charge in [0.15, 0.2) is 0 Å². The molecule has 1 unspecified atom stereocenters. The summed E-state index contributed by atoms with van der Waals surface area (Å²) in [6.07, 6.45) is 1.93. The van der Waals surface area contributed by atoms with Crippen LogP contribution < -0.4 is 10.6 Å². The number of anilines is 1. The van der Waals surface area contributed by atoms with Crippen molar-refractivity contribution in [2.75, 3.05) is 18.4 Å². The van der Waals surface area contributed by atoms with E-state index >= 15 is 0 Å².